The van der Waals surface area contributed by atoms with E-state index < -0.39 is 44.4 Å². The lowest BCUT2D eigenvalue weighted by Gasteiger charge is -2.37. The highest BCUT2D eigenvalue weighted by Gasteiger charge is 2.41. The zero-order valence-corrected chi connectivity index (χ0v) is 22.8. The van der Waals surface area contributed by atoms with Crippen LogP contribution >= 0.6 is 0 Å². The topological polar surface area (TPSA) is 63.7 Å². The largest absolute Gasteiger partial charge is 0.459 e. The second kappa shape index (κ2) is 10.9. The van der Waals surface area contributed by atoms with Crippen molar-refractivity contribution in [3.8, 4) is 0 Å². The summed E-state index contributed by atoms with van der Waals surface area (Å²) in [4.78, 5) is 13.1. The quantitative estimate of drug-likeness (QED) is 0.335. The van der Waals surface area contributed by atoms with E-state index in [0.29, 0.717) is 24.0 Å². The standard InChI is InChI=1S/C30H33F2NO4S/c1-20-15-16-27(21-11-7-5-8-12-21)38(35,36)33(20)19-23-17-26(32)24(18-25(23)31)28(22-13-9-6-10-14-22)29(34)37-30(2,3)4/h5-14,17-18,20,27-28H,15-16,19H2,1-4H3/t20-,27+,28?/m0/s1. The smallest absolute Gasteiger partial charge is 0.318 e. The Labute approximate surface area is 223 Å². The number of nitrogens with zero attached hydrogens (tertiary/aromatic N) is 1. The van der Waals surface area contributed by atoms with Crippen LogP contribution < -0.4 is 0 Å². The number of sulfonamides is 1. The minimum absolute atomic E-state index is 0.0913. The molecule has 0 amide bonds. The average Bonchev–Trinajstić information content (AvgIpc) is 2.84. The summed E-state index contributed by atoms with van der Waals surface area (Å²) in [6, 6.07) is 19.0. The molecule has 0 radical (unpaired) electrons. The van der Waals surface area contributed by atoms with Crippen LogP contribution in [-0.4, -0.2) is 30.3 Å². The molecule has 38 heavy (non-hydrogen) atoms. The number of benzene rings is 3. The summed E-state index contributed by atoms with van der Waals surface area (Å²) in [6.07, 6.45) is 1.05. The van der Waals surface area contributed by atoms with Gasteiger partial charge in [-0.1, -0.05) is 60.7 Å². The van der Waals surface area contributed by atoms with Crippen LogP contribution in [0.4, 0.5) is 8.78 Å². The van der Waals surface area contributed by atoms with E-state index in [1.165, 1.54) is 4.31 Å². The molecule has 1 unspecified atom stereocenters. The maximum Gasteiger partial charge on any atom is 0.318 e. The zero-order chi connectivity index (χ0) is 27.7. The molecule has 8 heteroatoms. The third-order valence-corrected chi connectivity index (χ3v) is 9.14. The van der Waals surface area contributed by atoms with Crippen LogP contribution in [0.2, 0.25) is 0 Å². The van der Waals surface area contributed by atoms with Crippen LogP contribution in [0.3, 0.4) is 0 Å². The van der Waals surface area contributed by atoms with Crippen LogP contribution in [0.15, 0.2) is 72.8 Å². The van der Waals surface area contributed by atoms with E-state index in [2.05, 4.69) is 0 Å². The number of ether oxygens (including phenoxy) is 1. The molecule has 0 spiro atoms. The molecule has 3 atom stereocenters. The fraction of sp³-hybridized carbons (Fsp3) is 0.367. The van der Waals surface area contributed by atoms with Gasteiger partial charge in [0, 0.05) is 23.7 Å². The van der Waals surface area contributed by atoms with E-state index in [0.717, 1.165) is 12.1 Å². The van der Waals surface area contributed by atoms with Crippen LogP contribution in [0.1, 0.15) is 74.0 Å². The van der Waals surface area contributed by atoms with Gasteiger partial charge in [0.05, 0.1) is 0 Å². The second-order valence-corrected chi connectivity index (χ2v) is 12.8. The third kappa shape index (κ3) is 5.97. The van der Waals surface area contributed by atoms with E-state index in [1.54, 1.807) is 82.3 Å². The summed E-state index contributed by atoms with van der Waals surface area (Å²) in [6.45, 7) is 6.58. The lowest BCUT2D eigenvalue weighted by atomic mass is 9.89. The van der Waals surface area contributed by atoms with Gasteiger partial charge in [-0.05, 0) is 63.8 Å². The van der Waals surface area contributed by atoms with Gasteiger partial charge in [-0.3, -0.25) is 4.79 Å². The molecule has 202 valence electrons. The van der Waals surface area contributed by atoms with Crippen LogP contribution in [0.25, 0.3) is 0 Å². The van der Waals surface area contributed by atoms with Crippen LogP contribution in [0.5, 0.6) is 0 Å². The molecule has 3 aromatic rings. The van der Waals surface area contributed by atoms with Crippen molar-refractivity contribution in [1.29, 1.82) is 0 Å². The molecule has 1 saturated heterocycles. The highest BCUT2D eigenvalue weighted by atomic mass is 32.2. The summed E-state index contributed by atoms with van der Waals surface area (Å²) >= 11 is 0. The first kappa shape index (κ1) is 27.9. The van der Waals surface area contributed by atoms with E-state index in [9.17, 15) is 13.2 Å². The molecule has 5 nitrogen and oxygen atoms in total. The normalized spacial score (nSPS) is 20.6. The molecule has 0 aromatic heterocycles. The van der Waals surface area contributed by atoms with Gasteiger partial charge < -0.3 is 4.74 Å². The van der Waals surface area contributed by atoms with Crippen molar-refractivity contribution >= 4 is 16.0 Å². The fourth-order valence-corrected chi connectivity index (χ4v) is 7.10. The highest BCUT2D eigenvalue weighted by molar-refractivity contribution is 7.89. The molecule has 0 saturated carbocycles. The van der Waals surface area contributed by atoms with Crippen LogP contribution in [0, 0.1) is 11.6 Å². The van der Waals surface area contributed by atoms with Crippen molar-refractivity contribution in [3.05, 3.63) is 107 Å². The summed E-state index contributed by atoms with van der Waals surface area (Å²) in [7, 11) is -3.83. The summed E-state index contributed by atoms with van der Waals surface area (Å²) in [5, 5.41) is -0.748. The summed E-state index contributed by atoms with van der Waals surface area (Å²) < 4.78 is 65.0. The monoisotopic (exact) mass is 541 g/mol. The Balaban J connectivity index is 1.69. The Morgan fingerprint density at radius 1 is 0.974 bits per heavy atom. The predicted molar refractivity (Wildman–Crippen MR) is 143 cm³/mol. The Morgan fingerprint density at radius 2 is 1.58 bits per heavy atom. The maximum absolute atomic E-state index is 15.6. The average molecular weight is 542 g/mol. The van der Waals surface area contributed by atoms with Crippen LogP contribution in [-0.2, 0) is 26.1 Å². The Morgan fingerprint density at radius 3 is 2.18 bits per heavy atom. The molecule has 1 fully saturated rings. The van der Waals surface area contributed by atoms with E-state index in [4.69, 9.17) is 4.74 Å². The summed E-state index contributed by atoms with van der Waals surface area (Å²) in [5.41, 5.74) is 0.0580. The van der Waals surface area contributed by atoms with E-state index in [-0.39, 0.29) is 23.7 Å². The Hall–Kier alpha value is -3.10. The van der Waals surface area contributed by atoms with Gasteiger partial charge in [-0.25, -0.2) is 17.2 Å². The first-order valence-corrected chi connectivity index (χ1v) is 14.2. The summed E-state index contributed by atoms with van der Waals surface area (Å²) in [5.74, 6) is -3.47. The van der Waals surface area contributed by atoms with Crippen molar-refractivity contribution in [2.24, 2.45) is 0 Å². The number of rotatable bonds is 6. The Kier molecular flexibility index (Phi) is 8.04. The highest BCUT2D eigenvalue weighted by Crippen LogP contribution is 2.39. The molecular formula is C30H33F2NO4S. The van der Waals surface area contributed by atoms with Gasteiger partial charge in [0.2, 0.25) is 10.0 Å². The van der Waals surface area contributed by atoms with E-state index >= 15 is 8.78 Å². The van der Waals surface area contributed by atoms with Gasteiger partial charge >= 0.3 is 5.97 Å². The number of carbonyl (C=O) groups excluding carboxylic acids is 1. The predicted octanol–water partition coefficient (Wildman–Crippen LogP) is 6.49. The third-order valence-electron chi connectivity index (χ3n) is 6.77. The van der Waals surface area contributed by atoms with Crippen molar-refractivity contribution in [3.63, 3.8) is 0 Å². The van der Waals surface area contributed by atoms with Gasteiger partial charge in [-0.15, -0.1) is 0 Å². The molecule has 0 aliphatic carbocycles. The Bertz CT molecular complexity index is 1390. The molecule has 3 aromatic carbocycles. The second-order valence-electron chi connectivity index (χ2n) is 10.8. The molecule has 4 rings (SSSR count). The first-order valence-electron chi connectivity index (χ1n) is 12.7. The van der Waals surface area contributed by atoms with Gasteiger partial charge in [-0.2, -0.15) is 4.31 Å². The lowest BCUT2D eigenvalue weighted by Crippen LogP contribution is -2.44. The van der Waals surface area contributed by atoms with E-state index in [1.807, 2.05) is 6.07 Å². The zero-order valence-electron chi connectivity index (χ0n) is 22.0. The lowest BCUT2D eigenvalue weighted by molar-refractivity contribution is -0.155. The number of halogens is 2. The van der Waals surface area contributed by atoms with Crippen molar-refractivity contribution < 1.29 is 26.7 Å². The number of esters is 1. The van der Waals surface area contributed by atoms with Crippen molar-refractivity contribution in [1.82, 2.24) is 4.31 Å². The molecule has 1 aliphatic heterocycles. The van der Waals surface area contributed by atoms with Crippen molar-refractivity contribution in [2.45, 2.75) is 69.9 Å². The number of carbonyl (C=O) groups is 1. The van der Waals surface area contributed by atoms with Gasteiger partial charge in [0.15, 0.2) is 0 Å². The first-order chi connectivity index (χ1) is 17.9. The van der Waals surface area contributed by atoms with Gasteiger partial charge in [0.1, 0.15) is 28.4 Å². The number of hydrogen-bond acceptors (Lipinski definition) is 4. The minimum Gasteiger partial charge on any atom is -0.459 e. The molecule has 1 aliphatic rings. The fourth-order valence-electron chi connectivity index (χ4n) is 4.91. The molecule has 0 bridgehead atoms. The molecular weight excluding hydrogens is 508 g/mol. The SMILES string of the molecule is C[C@H]1CC[C@H](c2ccccc2)S(=O)(=O)N1Cc1cc(F)c(C(C(=O)OC(C)(C)C)c2ccccc2)cc1F. The minimum atomic E-state index is -3.83. The van der Waals surface area contributed by atoms with Gasteiger partial charge in [0.25, 0.3) is 0 Å². The van der Waals surface area contributed by atoms with Crippen molar-refractivity contribution in [2.75, 3.05) is 0 Å². The maximum atomic E-state index is 15.6. The molecule has 0 N–H and O–H groups in total. The number of hydrogen-bond donors (Lipinski definition) is 0. The molecule has 1 heterocycles.